The van der Waals surface area contributed by atoms with E-state index in [2.05, 4.69) is 10.5 Å². The van der Waals surface area contributed by atoms with Crippen molar-refractivity contribution in [2.45, 2.75) is 13.8 Å². The Labute approximate surface area is 206 Å². The number of hydrazone groups is 1. The summed E-state index contributed by atoms with van der Waals surface area (Å²) in [7, 11) is 0. The largest absolute Gasteiger partial charge is 0.483 e. The first-order valence-electron chi connectivity index (χ1n) is 11.0. The van der Waals surface area contributed by atoms with Crippen LogP contribution in [-0.2, 0) is 4.79 Å². The molecule has 0 aliphatic carbocycles. The molecule has 1 heterocycles. The molecule has 4 aromatic rings. The molecule has 0 bridgehead atoms. The zero-order valence-corrected chi connectivity index (χ0v) is 19.6. The summed E-state index contributed by atoms with van der Waals surface area (Å²) in [6, 6.07) is 19.0. The van der Waals surface area contributed by atoms with Crippen molar-refractivity contribution in [3.05, 3.63) is 94.8 Å². The minimum Gasteiger partial charge on any atom is -0.483 e. The van der Waals surface area contributed by atoms with Crippen LogP contribution < -0.4 is 10.2 Å². The molecule has 0 aliphatic rings. The molecule has 0 unspecified atom stereocenters. The predicted molar refractivity (Wildman–Crippen MR) is 134 cm³/mol. The van der Waals surface area contributed by atoms with Gasteiger partial charge >= 0.3 is 11.9 Å². The Balaban J connectivity index is 1.48. The van der Waals surface area contributed by atoms with E-state index in [0.717, 1.165) is 22.5 Å². The van der Waals surface area contributed by atoms with E-state index in [-0.39, 0.29) is 17.7 Å². The van der Waals surface area contributed by atoms with E-state index in [1.807, 2.05) is 36.4 Å². The Bertz CT molecular complexity index is 1480. The van der Waals surface area contributed by atoms with Crippen LogP contribution in [0.1, 0.15) is 37.7 Å². The molecule has 0 aliphatic heterocycles. The van der Waals surface area contributed by atoms with Crippen molar-refractivity contribution in [1.82, 2.24) is 9.99 Å². The lowest BCUT2D eigenvalue weighted by Crippen LogP contribution is -2.24. The molecule has 0 saturated heterocycles. The standard InChI is InChI=1S/C27H23N3O6/c1-16-10-21(17(2)30(16)22-12-19(26(32)33)11-20(13-22)27(34)35)14-28-29-25(31)15-36-24-9-5-7-18-6-3-4-8-23(18)24/h3-14H,15H2,1-2H3,(H,29,31)(H,32,33)(H,34,35)/b28-14-. The summed E-state index contributed by atoms with van der Waals surface area (Å²) >= 11 is 0. The van der Waals surface area contributed by atoms with Gasteiger partial charge in [0.15, 0.2) is 6.61 Å². The van der Waals surface area contributed by atoms with Crippen molar-refractivity contribution < 1.29 is 29.3 Å². The third kappa shape index (κ3) is 5.10. The molecule has 36 heavy (non-hydrogen) atoms. The Kier molecular flexibility index (Phi) is 6.82. The van der Waals surface area contributed by atoms with Crippen molar-refractivity contribution in [3.63, 3.8) is 0 Å². The number of ether oxygens (including phenoxy) is 1. The molecule has 1 amide bonds. The molecule has 9 nitrogen and oxygen atoms in total. The topological polar surface area (TPSA) is 130 Å². The molecule has 0 radical (unpaired) electrons. The maximum Gasteiger partial charge on any atom is 0.335 e. The summed E-state index contributed by atoms with van der Waals surface area (Å²) in [6.07, 6.45) is 1.47. The lowest BCUT2D eigenvalue weighted by molar-refractivity contribution is -0.123. The number of aromatic nitrogens is 1. The second kappa shape index (κ2) is 10.1. The first-order chi connectivity index (χ1) is 17.2. The molecule has 9 heteroatoms. The van der Waals surface area contributed by atoms with Gasteiger partial charge in [0.2, 0.25) is 0 Å². The first-order valence-corrected chi connectivity index (χ1v) is 11.0. The van der Waals surface area contributed by atoms with E-state index in [1.165, 1.54) is 18.3 Å². The van der Waals surface area contributed by atoms with Gasteiger partial charge in [-0.1, -0.05) is 36.4 Å². The molecule has 0 spiro atoms. The number of carboxylic acid groups (broad SMARTS) is 2. The second-order valence-electron chi connectivity index (χ2n) is 8.10. The van der Waals surface area contributed by atoms with Crippen LogP contribution in [0, 0.1) is 13.8 Å². The normalized spacial score (nSPS) is 11.1. The summed E-state index contributed by atoms with van der Waals surface area (Å²) in [5, 5.41) is 24.7. The zero-order valence-electron chi connectivity index (χ0n) is 19.6. The molecule has 1 aromatic heterocycles. The van der Waals surface area contributed by atoms with Crippen molar-refractivity contribution in [1.29, 1.82) is 0 Å². The second-order valence-corrected chi connectivity index (χ2v) is 8.10. The van der Waals surface area contributed by atoms with E-state index >= 15 is 0 Å². The molecular formula is C27H23N3O6. The van der Waals surface area contributed by atoms with Crippen LogP contribution >= 0.6 is 0 Å². The average Bonchev–Trinajstić information content (AvgIpc) is 3.14. The number of carbonyl (C=O) groups is 3. The average molecular weight is 485 g/mol. The van der Waals surface area contributed by atoms with Crippen LogP contribution in [0.2, 0.25) is 0 Å². The smallest absolute Gasteiger partial charge is 0.335 e. The quantitative estimate of drug-likeness (QED) is 0.254. The van der Waals surface area contributed by atoms with Crippen LogP contribution in [0.4, 0.5) is 0 Å². The van der Waals surface area contributed by atoms with Crippen LogP contribution in [0.5, 0.6) is 5.75 Å². The van der Waals surface area contributed by atoms with Gasteiger partial charge in [0, 0.05) is 28.0 Å². The highest BCUT2D eigenvalue weighted by atomic mass is 16.5. The van der Waals surface area contributed by atoms with Gasteiger partial charge in [-0.3, -0.25) is 4.79 Å². The third-order valence-corrected chi connectivity index (χ3v) is 5.64. The molecule has 0 fully saturated rings. The fourth-order valence-corrected chi connectivity index (χ4v) is 3.97. The van der Waals surface area contributed by atoms with Crippen LogP contribution in [0.3, 0.4) is 0 Å². The maximum absolute atomic E-state index is 12.3. The summed E-state index contributed by atoms with van der Waals surface area (Å²) in [5.41, 5.74) is 4.66. The summed E-state index contributed by atoms with van der Waals surface area (Å²) in [5.74, 6) is -2.29. The molecule has 0 saturated carbocycles. The number of hydrogen-bond donors (Lipinski definition) is 3. The van der Waals surface area contributed by atoms with Crippen molar-refractivity contribution >= 4 is 34.8 Å². The van der Waals surface area contributed by atoms with E-state index in [9.17, 15) is 24.6 Å². The first kappa shape index (κ1) is 24.2. The zero-order chi connectivity index (χ0) is 25.8. The SMILES string of the molecule is Cc1cc(/C=N\NC(=O)COc2cccc3ccccc23)c(C)n1-c1cc(C(=O)O)cc(C(=O)O)c1. The number of benzene rings is 3. The number of nitrogens with one attached hydrogen (secondary N) is 1. The van der Waals surface area contributed by atoms with Gasteiger partial charge in [-0.05, 0) is 49.6 Å². The van der Waals surface area contributed by atoms with E-state index in [4.69, 9.17) is 4.74 Å². The Morgan fingerprint density at radius 1 is 0.944 bits per heavy atom. The fourth-order valence-electron chi connectivity index (χ4n) is 3.97. The van der Waals surface area contributed by atoms with Gasteiger partial charge < -0.3 is 19.5 Å². The molecule has 182 valence electrons. The number of aryl methyl sites for hydroxylation is 1. The summed E-state index contributed by atoms with van der Waals surface area (Å²) in [6.45, 7) is 3.37. The van der Waals surface area contributed by atoms with Gasteiger partial charge in [-0.2, -0.15) is 5.10 Å². The van der Waals surface area contributed by atoms with E-state index < -0.39 is 17.8 Å². The number of carboxylic acids is 2. The Morgan fingerprint density at radius 3 is 2.31 bits per heavy atom. The van der Waals surface area contributed by atoms with Crippen LogP contribution in [0.25, 0.3) is 16.5 Å². The molecule has 4 rings (SSSR count). The highest BCUT2D eigenvalue weighted by molar-refractivity contribution is 5.95. The van der Waals surface area contributed by atoms with Crippen molar-refractivity contribution in [2.75, 3.05) is 6.61 Å². The fraction of sp³-hybridized carbons (Fsp3) is 0.111. The number of carbonyl (C=O) groups excluding carboxylic acids is 1. The number of amides is 1. The maximum atomic E-state index is 12.3. The van der Waals surface area contributed by atoms with E-state index in [1.54, 1.807) is 30.5 Å². The highest BCUT2D eigenvalue weighted by Crippen LogP contribution is 2.25. The number of rotatable bonds is 8. The van der Waals surface area contributed by atoms with Crippen LogP contribution in [-0.4, -0.2) is 45.4 Å². The molecule has 0 atom stereocenters. The summed E-state index contributed by atoms with van der Waals surface area (Å²) < 4.78 is 7.39. The van der Waals surface area contributed by atoms with Gasteiger partial charge in [0.25, 0.3) is 5.91 Å². The van der Waals surface area contributed by atoms with Gasteiger partial charge in [-0.15, -0.1) is 0 Å². The lowest BCUT2D eigenvalue weighted by atomic mass is 10.1. The number of aromatic carboxylic acids is 2. The van der Waals surface area contributed by atoms with Gasteiger partial charge in [0.1, 0.15) is 5.75 Å². The van der Waals surface area contributed by atoms with Crippen molar-refractivity contribution in [3.8, 4) is 11.4 Å². The highest BCUT2D eigenvalue weighted by Gasteiger charge is 2.16. The summed E-state index contributed by atoms with van der Waals surface area (Å²) in [4.78, 5) is 35.2. The van der Waals surface area contributed by atoms with E-state index in [0.29, 0.717) is 22.7 Å². The Hall–Kier alpha value is -4.92. The number of fused-ring (bicyclic) bond motifs is 1. The minimum absolute atomic E-state index is 0.133. The number of nitrogens with zero attached hydrogens (tertiary/aromatic N) is 2. The van der Waals surface area contributed by atoms with Gasteiger partial charge in [0.05, 0.1) is 17.3 Å². The minimum atomic E-state index is -1.22. The monoisotopic (exact) mass is 485 g/mol. The lowest BCUT2D eigenvalue weighted by Gasteiger charge is -2.12. The number of hydrogen-bond acceptors (Lipinski definition) is 5. The van der Waals surface area contributed by atoms with Crippen LogP contribution in [0.15, 0.2) is 71.8 Å². The third-order valence-electron chi connectivity index (χ3n) is 5.64. The molecular weight excluding hydrogens is 462 g/mol. The van der Waals surface area contributed by atoms with Gasteiger partial charge in [-0.25, -0.2) is 15.0 Å². The Morgan fingerprint density at radius 2 is 1.61 bits per heavy atom. The predicted octanol–water partition coefficient (Wildman–Crippen LogP) is 4.17. The molecule has 3 aromatic carbocycles. The van der Waals surface area contributed by atoms with Crippen molar-refractivity contribution in [2.24, 2.45) is 5.10 Å². The molecule has 3 N–H and O–H groups in total.